The molecule has 2 aromatic rings. The van der Waals surface area contributed by atoms with E-state index in [1.807, 2.05) is 68.5 Å². The molecule has 0 aromatic heterocycles. The van der Waals surface area contributed by atoms with Crippen LogP contribution in [0.1, 0.15) is 51.5 Å². The van der Waals surface area contributed by atoms with Crippen LogP contribution in [0.25, 0.3) is 0 Å². The molecule has 2 nitrogen and oxygen atoms in total. The van der Waals surface area contributed by atoms with Gasteiger partial charge in [-0.25, -0.2) is 0 Å². The molecule has 1 heterocycles. The summed E-state index contributed by atoms with van der Waals surface area (Å²) in [6, 6.07) is 18.8. The van der Waals surface area contributed by atoms with Crippen LogP contribution >= 0.6 is 11.6 Å². The number of nitrogens with zero attached hydrogens (tertiary/aromatic N) is 1. The molecule has 0 spiro atoms. The summed E-state index contributed by atoms with van der Waals surface area (Å²) in [5, 5.41) is 0.833. The quantitative estimate of drug-likeness (QED) is 0.456. The molecule has 1 atom stereocenters. The van der Waals surface area contributed by atoms with Crippen molar-refractivity contribution in [1.82, 2.24) is 4.90 Å². The maximum absolute atomic E-state index is 6.09. The topological polar surface area (TPSA) is 12.5 Å². The minimum Gasteiger partial charge on any atom is -0.493 e. The Balaban J connectivity index is 0.000000589. The number of rotatable bonds is 6. The van der Waals surface area contributed by atoms with Gasteiger partial charge in [0.05, 0.1) is 6.61 Å². The number of hydrogen-bond donors (Lipinski definition) is 0. The third kappa shape index (κ3) is 6.36. The number of para-hydroxylation sites is 1. The average Bonchev–Trinajstić information content (AvgIpc) is 2.77. The van der Waals surface area contributed by atoms with Crippen LogP contribution in [0.2, 0.25) is 5.02 Å². The summed E-state index contributed by atoms with van der Waals surface area (Å²) >= 11 is 6.09. The summed E-state index contributed by atoms with van der Waals surface area (Å²) in [5.41, 5.74) is 1.81. The second kappa shape index (κ2) is 11.6. The molecule has 0 amide bonds. The highest BCUT2D eigenvalue weighted by atomic mass is 35.5. The van der Waals surface area contributed by atoms with Crippen molar-refractivity contribution in [3.63, 3.8) is 0 Å². The smallest absolute Gasteiger partial charge is 0.119 e. The van der Waals surface area contributed by atoms with Crippen molar-refractivity contribution in [2.45, 2.75) is 51.4 Å². The molecule has 1 saturated heterocycles. The normalized spacial score (nSPS) is 20.8. The zero-order valence-corrected chi connectivity index (χ0v) is 19.3. The number of piperidine rings is 1. The lowest BCUT2D eigenvalue weighted by molar-refractivity contribution is 0.0816. The molecule has 1 saturated carbocycles. The van der Waals surface area contributed by atoms with E-state index in [0.717, 1.165) is 23.9 Å². The number of ether oxygens (including phenoxy) is 1. The Hall–Kier alpha value is -1.77. The molecular weight excluding hydrogens is 390 g/mol. The number of likely N-dealkylation sites (tertiary alicyclic amines) is 1. The van der Waals surface area contributed by atoms with Gasteiger partial charge < -0.3 is 9.64 Å². The monoisotopic (exact) mass is 425 g/mol. The van der Waals surface area contributed by atoms with E-state index in [2.05, 4.69) is 17.0 Å². The number of halogens is 1. The van der Waals surface area contributed by atoms with Gasteiger partial charge in [-0.3, -0.25) is 0 Å². The highest BCUT2D eigenvalue weighted by Crippen LogP contribution is 2.45. The third-order valence-electron chi connectivity index (χ3n) is 6.46. The van der Waals surface area contributed by atoms with Gasteiger partial charge in [-0.2, -0.15) is 0 Å². The molecule has 2 fully saturated rings. The van der Waals surface area contributed by atoms with Gasteiger partial charge in [0.1, 0.15) is 5.75 Å². The maximum atomic E-state index is 6.09. The molecule has 1 aliphatic heterocycles. The lowest BCUT2D eigenvalue weighted by Crippen LogP contribution is -2.49. The Morgan fingerprint density at radius 1 is 1.00 bits per heavy atom. The van der Waals surface area contributed by atoms with E-state index in [-0.39, 0.29) is 0 Å². The Kier molecular flexibility index (Phi) is 8.84. The first-order valence-corrected chi connectivity index (χ1v) is 11.8. The lowest BCUT2D eigenvalue weighted by atomic mass is 9.64. The fourth-order valence-corrected chi connectivity index (χ4v) is 4.66. The molecule has 4 rings (SSSR count). The first-order valence-electron chi connectivity index (χ1n) is 11.4. The largest absolute Gasteiger partial charge is 0.493 e. The van der Waals surface area contributed by atoms with Crippen LogP contribution in [0.4, 0.5) is 0 Å². The fourth-order valence-electron chi connectivity index (χ4n) is 4.53. The summed E-state index contributed by atoms with van der Waals surface area (Å²) in [6.07, 6.45) is 10.5. The first kappa shape index (κ1) is 22.9. The van der Waals surface area contributed by atoms with Gasteiger partial charge in [0.25, 0.3) is 0 Å². The van der Waals surface area contributed by atoms with Crippen molar-refractivity contribution in [2.24, 2.45) is 5.92 Å². The van der Waals surface area contributed by atoms with E-state index in [4.69, 9.17) is 16.3 Å². The Bertz CT molecular complexity index is 763. The van der Waals surface area contributed by atoms with Crippen LogP contribution in [0, 0.1) is 5.92 Å². The molecule has 0 radical (unpaired) electrons. The summed E-state index contributed by atoms with van der Waals surface area (Å²) in [7, 11) is 0. The lowest BCUT2D eigenvalue weighted by Gasteiger charge is -2.47. The van der Waals surface area contributed by atoms with Gasteiger partial charge in [-0.1, -0.05) is 60.5 Å². The molecule has 3 heteroatoms. The number of hydrogen-bond acceptors (Lipinski definition) is 2. The van der Waals surface area contributed by atoms with Gasteiger partial charge in [-0.15, -0.1) is 0 Å². The molecule has 162 valence electrons. The van der Waals surface area contributed by atoms with Gasteiger partial charge in [0.15, 0.2) is 0 Å². The van der Waals surface area contributed by atoms with Crippen LogP contribution in [0.3, 0.4) is 0 Å². The second-order valence-corrected chi connectivity index (χ2v) is 9.11. The van der Waals surface area contributed by atoms with E-state index < -0.39 is 0 Å². The molecule has 30 heavy (non-hydrogen) atoms. The predicted octanol–water partition coefficient (Wildman–Crippen LogP) is 7.14. The average molecular weight is 426 g/mol. The minimum absolute atomic E-state index is 0.340. The van der Waals surface area contributed by atoms with Gasteiger partial charge in [0.2, 0.25) is 0 Å². The Morgan fingerprint density at radius 2 is 1.70 bits per heavy atom. The molecule has 0 N–H and O–H groups in total. The van der Waals surface area contributed by atoms with E-state index in [1.54, 1.807) is 0 Å². The number of benzene rings is 2. The van der Waals surface area contributed by atoms with Crippen LogP contribution in [0.5, 0.6) is 5.75 Å². The summed E-state index contributed by atoms with van der Waals surface area (Å²) in [4.78, 5) is 2.68. The van der Waals surface area contributed by atoms with Crippen LogP contribution in [0.15, 0.2) is 66.7 Å². The van der Waals surface area contributed by atoms with E-state index in [9.17, 15) is 0 Å². The van der Waals surface area contributed by atoms with Gasteiger partial charge >= 0.3 is 0 Å². The summed E-state index contributed by atoms with van der Waals surface area (Å²) < 4.78 is 6.02. The third-order valence-corrected chi connectivity index (χ3v) is 6.71. The molecule has 0 bridgehead atoms. The molecule has 0 unspecified atom stereocenters. The highest BCUT2D eigenvalue weighted by molar-refractivity contribution is 6.30. The number of allylic oxidation sites excluding steroid dienone is 2. The Morgan fingerprint density at radius 3 is 2.30 bits per heavy atom. The van der Waals surface area contributed by atoms with Crippen molar-refractivity contribution in [1.29, 1.82) is 0 Å². The van der Waals surface area contributed by atoms with Crippen molar-refractivity contribution < 1.29 is 4.74 Å². The van der Waals surface area contributed by atoms with Crippen molar-refractivity contribution >= 4 is 11.6 Å². The zero-order chi connectivity index (χ0) is 21.2. The summed E-state index contributed by atoms with van der Waals surface area (Å²) in [6.45, 7) is 8.38. The van der Waals surface area contributed by atoms with Crippen LogP contribution in [-0.4, -0.2) is 31.1 Å². The minimum atomic E-state index is 0.340. The molecule has 2 aromatic carbocycles. The SMILES string of the molecule is C/C=C\C.Clc1ccc(C2(CN3CCC[C@H](COc4ccccc4)C3)CCC2)cc1. The highest BCUT2D eigenvalue weighted by Gasteiger charge is 2.40. The standard InChI is InChI=1S/C23H28ClNO.C4H8/c24-21-11-9-20(10-12-21)23(13-5-14-23)18-25-15-4-6-19(16-25)17-26-22-7-2-1-3-8-22;1-3-4-2/h1-3,7-12,19H,4-6,13-18H2;3-4H,1-2H3/b;4-3-/t19-;/m0./s1. The first-order chi connectivity index (χ1) is 14.6. The van der Waals surface area contributed by atoms with Crippen molar-refractivity contribution in [3.8, 4) is 5.75 Å². The van der Waals surface area contributed by atoms with Crippen molar-refractivity contribution in [2.75, 3.05) is 26.2 Å². The molecule has 2 aliphatic rings. The fraction of sp³-hybridized carbons (Fsp3) is 0.481. The maximum Gasteiger partial charge on any atom is 0.119 e. The van der Waals surface area contributed by atoms with Gasteiger partial charge in [0, 0.05) is 29.4 Å². The molecule has 1 aliphatic carbocycles. The summed E-state index contributed by atoms with van der Waals surface area (Å²) in [5.74, 6) is 1.62. The van der Waals surface area contributed by atoms with Crippen LogP contribution < -0.4 is 4.74 Å². The van der Waals surface area contributed by atoms with E-state index >= 15 is 0 Å². The zero-order valence-electron chi connectivity index (χ0n) is 18.5. The second-order valence-electron chi connectivity index (χ2n) is 8.67. The van der Waals surface area contributed by atoms with E-state index in [1.165, 1.54) is 50.8 Å². The molecular formula is C27H36ClNO. The van der Waals surface area contributed by atoms with Crippen LogP contribution in [-0.2, 0) is 5.41 Å². The van der Waals surface area contributed by atoms with Gasteiger partial charge in [-0.05, 0) is 75.9 Å². The van der Waals surface area contributed by atoms with E-state index in [0.29, 0.717) is 11.3 Å². The Labute approximate surface area is 187 Å². The van der Waals surface area contributed by atoms with Crippen molar-refractivity contribution in [3.05, 3.63) is 77.3 Å². The predicted molar refractivity (Wildman–Crippen MR) is 129 cm³/mol.